The van der Waals surface area contributed by atoms with Gasteiger partial charge in [-0.05, 0) is 36.1 Å². The van der Waals surface area contributed by atoms with Crippen molar-refractivity contribution >= 4 is 17.6 Å². The zero-order valence-corrected chi connectivity index (χ0v) is 15.2. The van der Waals surface area contributed by atoms with E-state index in [1.54, 1.807) is 0 Å². The number of amides is 1. The molecule has 1 aliphatic rings. The van der Waals surface area contributed by atoms with E-state index in [2.05, 4.69) is 5.32 Å². The Morgan fingerprint density at radius 3 is 2.27 bits per heavy atom. The van der Waals surface area contributed by atoms with Crippen molar-refractivity contribution in [2.45, 2.75) is 24.8 Å². The van der Waals surface area contributed by atoms with Crippen LogP contribution in [0.25, 0.3) is 0 Å². The summed E-state index contributed by atoms with van der Waals surface area (Å²) in [6.07, 6.45) is 1.55. The molecule has 0 unspecified atom stereocenters. The van der Waals surface area contributed by atoms with E-state index in [1.165, 1.54) is 0 Å². The van der Waals surface area contributed by atoms with Gasteiger partial charge in [0.2, 0.25) is 0 Å². The molecule has 5 nitrogen and oxygen atoms in total. The van der Waals surface area contributed by atoms with Gasteiger partial charge < -0.3 is 15.0 Å². The van der Waals surface area contributed by atoms with Crippen LogP contribution in [-0.4, -0.2) is 32.6 Å². The fraction of sp³-hybridized carbons (Fsp3) is 0.333. The fourth-order valence-electron chi connectivity index (χ4n) is 2.93. The number of nitrogens with zero attached hydrogens (tertiary/aromatic N) is 1. The number of benzene rings is 2. The van der Waals surface area contributed by atoms with Crippen LogP contribution in [0.5, 0.6) is 0 Å². The summed E-state index contributed by atoms with van der Waals surface area (Å²) in [6, 6.07) is 17.6. The van der Waals surface area contributed by atoms with Gasteiger partial charge >= 0.3 is 5.97 Å². The molecule has 1 fully saturated rings. The highest BCUT2D eigenvalue weighted by atomic mass is 16.5. The molecule has 0 saturated heterocycles. The highest BCUT2D eigenvalue weighted by Gasteiger charge is 2.52. The van der Waals surface area contributed by atoms with Crippen LogP contribution in [0.15, 0.2) is 54.6 Å². The van der Waals surface area contributed by atoms with Crippen molar-refractivity contribution in [3.8, 4) is 0 Å². The highest BCUT2D eigenvalue weighted by Crippen LogP contribution is 2.49. The van der Waals surface area contributed by atoms with Gasteiger partial charge in [-0.25, -0.2) is 0 Å². The molecular formula is C21H24N2O3. The van der Waals surface area contributed by atoms with Gasteiger partial charge in [0.15, 0.2) is 6.61 Å². The molecule has 0 atom stereocenters. The van der Waals surface area contributed by atoms with Crippen molar-refractivity contribution in [1.29, 1.82) is 0 Å². The van der Waals surface area contributed by atoms with E-state index in [-0.39, 0.29) is 18.5 Å². The molecule has 136 valence electrons. The van der Waals surface area contributed by atoms with Crippen LogP contribution in [0.2, 0.25) is 0 Å². The number of anilines is 1. The Morgan fingerprint density at radius 1 is 1.04 bits per heavy atom. The molecule has 0 aromatic heterocycles. The SMILES string of the molecule is CN(C)c1ccc(CNC(=O)COC(=O)C2(c3ccccc3)CC2)cc1. The van der Waals surface area contributed by atoms with Gasteiger partial charge in [-0.15, -0.1) is 0 Å². The number of hydrogen-bond donors (Lipinski definition) is 1. The quantitative estimate of drug-likeness (QED) is 0.779. The lowest BCUT2D eigenvalue weighted by molar-refractivity contribution is -0.151. The minimum Gasteiger partial charge on any atom is -0.455 e. The largest absolute Gasteiger partial charge is 0.455 e. The summed E-state index contributed by atoms with van der Waals surface area (Å²) in [7, 11) is 3.96. The molecule has 26 heavy (non-hydrogen) atoms. The van der Waals surface area contributed by atoms with Crippen LogP contribution in [0.3, 0.4) is 0 Å². The van der Waals surface area contributed by atoms with Gasteiger partial charge in [0.1, 0.15) is 0 Å². The van der Waals surface area contributed by atoms with Gasteiger partial charge in [-0.1, -0.05) is 42.5 Å². The van der Waals surface area contributed by atoms with E-state index in [9.17, 15) is 9.59 Å². The summed E-state index contributed by atoms with van der Waals surface area (Å²) < 4.78 is 5.27. The summed E-state index contributed by atoms with van der Waals surface area (Å²) in [5.74, 6) is -0.604. The summed E-state index contributed by atoms with van der Waals surface area (Å²) in [4.78, 5) is 26.4. The molecule has 2 aromatic carbocycles. The van der Waals surface area contributed by atoms with Crippen LogP contribution in [-0.2, 0) is 26.3 Å². The number of esters is 1. The van der Waals surface area contributed by atoms with Gasteiger partial charge in [0.25, 0.3) is 5.91 Å². The number of carbonyl (C=O) groups is 2. The van der Waals surface area contributed by atoms with Crippen molar-refractivity contribution in [2.24, 2.45) is 0 Å². The number of ether oxygens (including phenoxy) is 1. The third kappa shape index (κ3) is 4.04. The minimum absolute atomic E-state index is 0.247. The normalized spacial score (nSPS) is 14.4. The van der Waals surface area contributed by atoms with Crippen molar-refractivity contribution in [3.63, 3.8) is 0 Å². The average molecular weight is 352 g/mol. The lowest BCUT2D eigenvalue weighted by Gasteiger charge is -2.15. The monoisotopic (exact) mass is 352 g/mol. The lowest BCUT2D eigenvalue weighted by Crippen LogP contribution is -2.31. The van der Waals surface area contributed by atoms with E-state index in [0.717, 1.165) is 29.7 Å². The first kappa shape index (κ1) is 18.0. The maximum Gasteiger partial charge on any atom is 0.317 e. The first-order chi connectivity index (χ1) is 12.5. The van der Waals surface area contributed by atoms with Crippen molar-refractivity contribution in [3.05, 3.63) is 65.7 Å². The van der Waals surface area contributed by atoms with Crippen LogP contribution >= 0.6 is 0 Å². The van der Waals surface area contributed by atoms with Gasteiger partial charge in [-0.3, -0.25) is 9.59 Å². The minimum atomic E-state index is -0.552. The molecule has 0 spiro atoms. The van der Waals surface area contributed by atoms with Crippen LogP contribution < -0.4 is 10.2 Å². The zero-order chi connectivity index (χ0) is 18.6. The Bertz CT molecular complexity index is 766. The Morgan fingerprint density at radius 2 is 1.69 bits per heavy atom. The molecule has 0 radical (unpaired) electrons. The molecule has 2 aromatic rings. The summed E-state index contributed by atoms with van der Waals surface area (Å²) in [5, 5.41) is 2.78. The van der Waals surface area contributed by atoms with Crippen LogP contribution in [0, 0.1) is 0 Å². The molecule has 1 amide bonds. The Balaban J connectivity index is 1.46. The molecule has 3 rings (SSSR count). The van der Waals surface area contributed by atoms with Crippen LogP contribution in [0.1, 0.15) is 24.0 Å². The third-order valence-corrected chi connectivity index (χ3v) is 4.74. The van der Waals surface area contributed by atoms with Crippen LogP contribution in [0.4, 0.5) is 5.69 Å². The van der Waals surface area contributed by atoms with E-state index >= 15 is 0 Å². The smallest absolute Gasteiger partial charge is 0.317 e. The highest BCUT2D eigenvalue weighted by molar-refractivity contribution is 5.88. The topological polar surface area (TPSA) is 58.6 Å². The predicted molar refractivity (Wildman–Crippen MR) is 101 cm³/mol. The summed E-state index contributed by atoms with van der Waals surface area (Å²) in [5.41, 5.74) is 2.51. The van der Waals surface area contributed by atoms with E-state index in [1.807, 2.05) is 73.6 Å². The lowest BCUT2D eigenvalue weighted by atomic mass is 9.96. The first-order valence-electron chi connectivity index (χ1n) is 8.77. The third-order valence-electron chi connectivity index (χ3n) is 4.74. The summed E-state index contributed by atoms with van der Waals surface area (Å²) >= 11 is 0. The number of carbonyl (C=O) groups excluding carboxylic acids is 2. The first-order valence-corrected chi connectivity index (χ1v) is 8.77. The molecule has 0 bridgehead atoms. The summed E-state index contributed by atoms with van der Waals surface area (Å²) in [6.45, 7) is 0.164. The Kier molecular flexibility index (Phi) is 5.26. The van der Waals surface area contributed by atoms with Crippen molar-refractivity contribution in [2.75, 3.05) is 25.6 Å². The van der Waals surface area contributed by atoms with Gasteiger partial charge in [0, 0.05) is 26.3 Å². The maximum absolute atomic E-state index is 12.4. The second kappa shape index (κ2) is 7.60. The standard InChI is InChI=1S/C21H24N2O3/c1-23(2)18-10-8-16(9-11-18)14-22-19(24)15-26-20(25)21(12-13-21)17-6-4-3-5-7-17/h3-11H,12-15H2,1-2H3,(H,22,24). The number of rotatable bonds is 7. The zero-order valence-electron chi connectivity index (χ0n) is 15.2. The molecule has 1 aliphatic carbocycles. The molecule has 1 N–H and O–H groups in total. The molecule has 5 heteroatoms. The number of hydrogen-bond acceptors (Lipinski definition) is 4. The van der Waals surface area contributed by atoms with Gasteiger partial charge in [-0.2, -0.15) is 0 Å². The van der Waals surface area contributed by atoms with Gasteiger partial charge in [0.05, 0.1) is 5.41 Å². The molecular weight excluding hydrogens is 328 g/mol. The van der Waals surface area contributed by atoms with Crippen molar-refractivity contribution in [1.82, 2.24) is 5.32 Å². The maximum atomic E-state index is 12.4. The van der Waals surface area contributed by atoms with Crippen molar-refractivity contribution < 1.29 is 14.3 Å². The second-order valence-corrected chi connectivity index (χ2v) is 6.86. The Labute approximate surface area is 154 Å². The van der Waals surface area contributed by atoms with E-state index in [4.69, 9.17) is 4.74 Å². The molecule has 1 saturated carbocycles. The molecule has 0 heterocycles. The molecule has 0 aliphatic heterocycles. The predicted octanol–water partition coefficient (Wildman–Crippen LogP) is 2.64. The van der Waals surface area contributed by atoms with E-state index in [0.29, 0.717) is 6.54 Å². The second-order valence-electron chi connectivity index (χ2n) is 6.86. The fourth-order valence-corrected chi connectivity index (χ4v) is 2.93. The Hall–Kier alpha value is -2.82. The van der Waals surface area contributed by atoms with E-state index < -0.39 is 5.41 Å². The number of nitrogens with one attached hydrogen (secondary N) is 1. The average Bonchev–Trinajstić information content (AvgIpc) is 3.47.